The van der Waals surface area contributed by atoms with Crippen molar-refractivity contribution in [2.75, 3.05) is 13.1 Å². The van der Waals surface area contributed by atoms with Gasteiger partial charge in [0.2, 0.25) is 12.0 Å². The van der Waals surface area contributed by atoms with E-state index in [1.165, 1.54) is 0 Å². The number of hydrogen-bond acceptors (Lipinski definition) is 6. The molecule has 0 saturated heterocycles. The van der Waals surface area contributed by atoms with Crippen LogP contribution in [0, 0.1) is 6.92 Å². The highest BCUT2D eigenvalue weighted by Crippen LogP contribution is 2.40. The molecular weight excluding hydrogens is 466 g/mol. The van der Waals surface area contributed by atoms with Crippen LogP contribution in [0.3, 0.4) is 0 Å². The molecule has 5 rings (SSSR count). The Balaban J connectivity index is 1.58. The summed E-state index contributed by atoms with van der Waals surface area (Å²) in [6, 6.07) is 18.8. The lowest BCUT2D eigenvalue weighted by molar-refractivity contribution is -0.121. The number of ketones is 1. The van der Waals surface area contributed by atoms with Crippen molar-refractivity contribution in [3.05, 3.63) is 95.5 Å². The smallest absolute Gasteiger partial charge is 0.228 e. The van der Waals surface area contributed by atoms with Crippen molar-refractivity contribution in [3.63, 3.8) is 0 Å². The Morgan fingerprint density at radius 1 is 1.05 bits per heavy atom. The first-order chi connectivity index (χ1) is 18.0. The van der Waals surface area contributed by atoms with Crippen molar-refractivity contribution in [3.8, 4) is 22.6 Å². The van der Waals surface area contributed by atoms with Gasteiger partial charge in [-0.25, -0.2) is 0 Å². The number of likely N-dealkylation sites (N-methyl/N-ethyl adjacent to an activating group) is 1. The van der Waals surface area contributed by atoms with Crippen LogP contribution in [0.1, 0.15) is 41.1 Å². The number of aryl methyl sites for hydroxylation is 1. The molecule has 0 aliphatic carbocycles. The highest BCUT2D eigenvalue weighted by atomic mass is 16.5. The Morgan fingerprint density at radius 2 is 1.78 bits per heavy atom. The van der Waals surface area contributed by atoms with E-state index in [-0.39, 0.29) is 11.5 Å². The van der Waals surface area contributed by atoms with Crippen LogP contribution in [0.4, 0.5) is 0 Å². The second-order valence-corrected chi connectivity index (χ2v) is 9.04. The molecule has 0 spiro atoms. The largest absolute Gasteiger partial charge is 0.468 e. The summed E-state index contributed by atoms with van der Waals surface area (Å²) in [6.45, 7) is 7.36. The fourth-order valence-electron chi connectivity index (χ4n) is 4.63. The number of rotatable bonds is 9. The van der Waals surface area contributed by atoms with Crippen LogP contribution >= 0.6 is 0 Å². The van der Waals surface area contributed by atoms with Crippen molar-refractivity contribution in [1.82, 2.24) is 4.90 Å². The Labute approximate surface area is 216 Å². The summed E-state index contributed by atoms with van der Waals surface area (Å²) >= 11 is 0. The molecule has 6 heteroatoms. The van der Waals surface area contributed by atoms with E-state index >= 15 is 0 Å². The Kier molecular flexibility index (Phi) is 6.93. The number of carbonyl (C=O) groups excluding carboxylic acids is 2. The number of furan rings is 1. The average Bonchev–Trinajstić information content (AvgIpc) is 3.30. The minimum atomic E-state index is -0.658. The minimum Gasteiger partial charge on any atom is -0.468 e. The van der Waals surface area contributed by atoms with E-state index in [9.17, 15) is 9.59 Å². The lowest BCUT2D eigenvalue weighted by Gasteiger charge is -2.25. The quantitative estimate of drug-likeness (QED) is 0.153. The van der Waals surface area contributed by atoms with Crippen molar-refractivity contribution < 1.29 is 23.5 Å². The first kappa shape index (κ1) is 24.5. The summed E-state index contributed by atoms with van der Waals surface area (Å²) in [7, 11) is 0. The van der Waals surface area contributed by atoms with Crippen LogP contribution < -0.4 is 9.47 Å². The van der Waals surface area contributed by atoms with Crippen LogP contribution in [0.2, 0.25) is 0 Å². The summed E-state index contributed by atoms with van der Waals surface area (Å²) in [6.07, 6.45) is 4.51. The van der Waals surface area contributed by atoms with Gasteiger partial charge in [-0.1, -0.05) is 55.8 Å². The summed E-state index contributed by atoms with van der Waals surface area (Å²) in [5, 5.41) is 0.843. The molecule has 6 nitrogen and oxygen atoms in total. The number of ether oxygens (including phenoxy) is 2. The highest BCUT2D eigenvalue weighted by molar-refractivity contribution is 6.16. The Morgan fingerprint density at radius 3 is 2.46 bits per heavy atom. The zero-order valence-electron chi connectivity index (χ0n) is 21.2. The van der Waals surface area contributed by atoms with Gasteiger partial charge in [-0.2, -0.15) is 0 Å². The fraction of sp³-hybridized carbons (Fsp3) is 0.226. The molecule has 0 saturated carbocycles. The molecule has 1 atom stereocenters. The maximum absolute atomic E-state index is 13.6. The van der Waals surface area contributed by atoms with Gasteiger partial charge < -0.3 is 13.9 Å². The first-order valence-electron chi connectivity index (χ1n) is 12.5. The zero-order valence-corrected chi connectivity index (χ0v) is 21.2. The maximum Gasteiger partial charge on any atom is 0.228 e. The van der Waals surface area contributed by atoms with Gasteiger partial charge in [0.1, 0.15) is 17.1 Å². The molecule has 0 amide bonds. The topological polar surface area (TPSA) is 69.0 Å². The first-order valence-corrected chi connectivity index (χ1v) is 12.5. The Hall–Kier alpha value is -4.16. The van der Waals surface area contributed by atoms with Crippen molar-refractivity contribution >= 4 is 23.0 Å². The normalized spacial score (nSPS) is 13.3. The molecule has 0 fully saturated rings. The van der Waals surface area contributed by atoms with Gasteiger partial charge in [-0.3, -0.25) is 14.5 Å². The fourth-order valence-corrected chi connectivity index (χ4v) is 4.63. The molecule has 4 aromatic rings. The molecule has 0 radical (unpaired) electrons. The lowest BCUT2D eigenvalue weighted by Crippen LogP contribution is -2.40. The summed E-state index contributed by atoms with van der Waals surface area (Å²) in [5.41, 5.74) is 4.79. The van der Waals surface area contributed by atoms with Crippen LogP contribution in [0.15, 0.2) is 77.4 Å². The number of fused-ring (bicyclic) bond motifs is 2. The number of hydrogen-bond donors (Lipinski definition) is 0. The van der Waals surface area contributed by atoms with Gasteiger partial charge >= 0.3 is 0 Å². The van der Waals surface area contributed by atoms with Crippen LogP contribution in [-0.4, -0.2) is 36.3 Å². The maximum atomic E-state index is 13.6. The predicted octanol–water partition coefficient (Wildman–Crippen LogP) is 6.33. The monoisotopic (exact) mass is 495 g/mol. The van der Waals surface area contributed by atoms with E-state index in [2.05, 4.69) is 0 Å². The number of nitrogens with zero attached hydrogens (tertiary/aromatic N) is 1. The van der Waals surface area contributed by atoms with Crippen molar-refractivity contribution in [2.45, 2.75) is 33.4 Å². The van der Waals surface area contributed by atoms with E-state index in [0.29, 0.717) is 30.0 Å². The molecule has 1 unspecified atom stereocenters. The summed E-state index contributed by atoms with van der Waals surface area (Å²) in [4.78, 5) is 27.2. The van der Waals surface area contributed by atoms with Crippen LogP contribution in [0.25, 0.3) is 22.1 Å². The van der Waals surface area contributed by atoms with E-state index in [4.69, 9.17) is 13.9 Å². The third kappa shape index (κ3) is 4.80. The van der Waals surface area contributed by atoms with Gasteiger partial charge in [-0.15, -0.1) is 0 Å². The standard InChI is InChI=1S/C31H29NO5/c1-4-32(5-2)28(19-33)36-24-14-12-21(13-15-24)29-25-17-23-7-6-16-35-26(23)18-27(25)37-31(29)30(34)22-10-8-20(3)9-11-22/h6,8-19,28H,4-5,7H2,1-3H3. The van der Waals surface area contributed by atoms with Crippen LogP contribution in [0.5, 0.6) is 11.5 Å². The molecule has 0 N–H and O–H groups in total. The van der Waals surface area contributed by atoms with Gasteiger partial charge in [0.15, 0.2) is 12.0 Å². The molecular formula is C31H29NO5. The van der Waals surface area contributed by atoms with Gasteiger partial charge in [0.05, 0.1) is 6.26 Å². The van der Waals surface area contributed by atoms with Gasteiger partial charge in [0.25, 0.3) is 0 Å². The van der Waals surface area contributed by atoms with Crippen molar-refractivity contribution in [1.29, 1.82) is 0 Å². The molecule has 0 bridgehead atoms. The minimum absolute atomic E-state index is 0.189. The highest BCUT2D eigenvalue weighted by Gasteiger charge is 2.25. The SMILES string of the molecule is CCN(CC)C(C=O)Oc1ccc(-c2c(C(=O)c3ccc(C)cc3)oc3cc4c(cc23)CC=CO4)cc1. The van der Waals surface area contributed by atoms with Crippen molar-refractivity contribution in [2.24, 2.45) is 0 Å². The third-order valence-electron chi connectivity index (χ3n) is 6.71. The Bertz CT molecular complexity index is 1460. The van der Waals surface area contributed by atoms with Gasteiger partial charge in [0, 0.05) is 22.6 Å². The van der Waals surface area contributed by atoms with Crippen LogP contribution in [-0.2, 0) is 11.2 Å². The zero-order chi connectivity index (χ0) is 25.9. The van der Waals surface area contributed by atoms with Gasteiger partial charge in [-0.05, 0) is 61.8 Å². The molecule has 3 aromatic carbocycles. The molecule has 1 aliphatic heterocycles. The second kappa shape index (κ2) is 10.4. The molecule has 1 aliphatic rings. The number of benzene rings is 3. The molecule has 2 heterocycles. The van der Waals surface area contributed by atoms with E-state index in [0.717, 1.165) is 46.1 Å². The number of carbonyl (C=O) groups is 2. The van der Waals surface area contributed by atoms with E-state index in [1.807, 2.05) is 92.4 Å². The second-order valence-electron chi connectivity index (χ2n) is 9.04. The number of allylic oxidation sites excluding steroid dienone is 1. The molecule has 188 valence electrons. The third-order valence-corrected chi connectivity index (χ3v) is 6.71. The van der Waals surface area contributed by atoms with E-state index < -0.39 is 6.23 Å². The average molecular weight is 496 g/mol. The lowest BCUT2D eigenvalue weighted by atomic mass is 9.96. The predicted molar refractivity (Wildman–Crippen MR) is 143 cm³/mol. The summed E-state index contributed by atoms with van der Waals surface area (Å²) < 4.78 is 17.8. The number of aldehydes is 1. The molecule has 37 heavy (non-hydrogen) atoms. The molecule has 1 aromatic heterocycles. The summed E-state index contributed by atoms with van der Waals surface area (Å²) in [5.74, 6) is 1.38. The van der Waals surface area contributed by atoms with E-state index in [1.54, 1.807) is 6.26 Å².